The lowest BCUT2D eigenvalue weighted by Crippen LogP contribution is -2.26. The number of carbonyl (C=O) groups is 1. The Labute approximate surface area is 163 Å². The largest absolute Gasteiger partial charge is 0.358 e. The molecule has 3 aromatic carbocycles. The fourth-order valence-electron chi connectivity index (χ4n) is 3.48. The van der Waals surface area contributed by atoms with Gasteiger partial charge in [0, 0.05) is 22.2 Å². The summed E-state index contributed by atoms with van der Waals surface area (Å²) in [7, 11) is 0. The highest BCUT2D eigenvalue weighted by Crippen LogP contribution is 2.25. The first-order valence-electron chi connectivity index (χ1n) is 9.24. The molecular formula is C24H21N3O. The molecule has 0 aliphatic heterocycles. The van der Waals surface area contributed by atoms with Crippen LogP contribution in [0.4, 0.5) is 0 Å². The second-order valence-electron chi connectivity index (χ2n) is 6.70. The third-order valence-corrected chi connectivity index (χ3v) is 4.84. The average Bonchev–Trinajstić information content (AvgIpc) is 3.05. The van der Waals surface area contributed by atoms with Gasteiger partial charge in [-0.25, -0.2) is 5.43 Å². The van der Waals surface area contributed by atoms with Gasteiger partial charge in [0.25, 0.3) is 5.91 Å². The molecule has 2 N–H and O–H groups in total. The van der Waals surface area contributed by atoms with E-state index in [0.29, 0.717) is 0 Å². The monoisotopic (exact) mass is 367 g/mol. The molecule has 0 spiro atoms. The maximum atomic E-state index is 13.0. The molecule has 0 aliphatic rings. The highest BCUT2D eigenvalue weighted by Gasteiger charge is 2.22. The van der Waals surface area contributed by atoms with Gasteiger partial charge in [-0.15, -0.1) is 0 Å². The van der Waals surface area contributed by atoms with Crippen LogP contribution in [0.2, 0.25) is 0 Å². The SMILES string of the molecule is Cc1[nH]c2ccccc2c1/C=N/NC(=O)C(c1ccccc1)c1ccccc1. The number of H-pyrrole nitrogens is 1. The second kappa shape index (κ2) is 7.92. The van der Waals surface area contributed by atoms with E-state index in [0.717, 1.165) is 33.3 Å². The molecule has 4 nitrogen and oxygen atoms in total. The molecule has 0 aliphatic carbocycles. The topological polar surface area (TPSA) is 57.2 Å². The zero-order valence-electron chi connectivity index (χ0n) is 15.6. The van der Waals surface area contributed by atoms with Crippen LogP contribution in [0.1, 0.15) is 28.3 Å². The Kier molecular flexibility index (Phi) is 5.02. The van der Waals surface area contributed by atoms with Gasteiger partial charge in [0.15, 0.2) is 0 Å². The molecule has 28 heavy (non-hydrogen) atoms. The molecule has 1 heterocycles. The predicted molar refractivity (Wildman–Crippen MR) is 113 cm³/mol. The van der Waals surface area contributed by atoms with Crippen molar-refractivity contribution in [2.45, 2.75) is 12.8 Å². The lowest BCUT2D eigenvalue weighted by molar-refractivity contribution is -0.121. The van der Waals surface area contributed by atoms with E-state index >= 15 is 0 Å². The number of benzene rings is 3. The molecule has 0 unspecified atom stereocenters. The van der Waals surface area contributed by atoms with Crippen LogP contribution in [0, 0.1) is 6.92 Å². The molecule has 1 aromatic heterocycles. The third kappa shape index (κ3) is 3.58. The maximum absolute atomic E-state index is 13.0. The molecular weight excluding hydrogens is 346 g/mol. The van der Waals surface area contributed by atoms with Crippen LogP contribution in [-0.2, 0) is 4.79 Å². The van der Waals surface area contributed by atoms with Crippen molar-refractivity contribution in [1.29, 1.82) is 0 Å². The van der Waals surface area contributed by atoms with Gasteiger partial charge in [0.05, 0.1) is 12.1 Å². The van der Waals surface area contributed by atoms with E-state index in [1.807, 2.05) is 91.9 Å². The summed E-state index contributed by atoms with van der Waals surface area (Å²) < 4.78 is 0. The number of nitrogens with zero attached hydrogens (tertiary/aromatic N) is 1. The molecule has 4 rings (SSSR count). The van der Waals surface area contributed by atoms with Crippen molar-refractivity contribution in [3.05, 3.63) is 107 Å². The molecule has 138 valence electrons. The first-order valence-corrected chi connectivity index (χ1v) is 9.24. The smallest absolute Gasteiger partial charge is 0.252 e. The van der Waals surface area contributed by atoms with Crippen molar-refractivity contribution in [1.82, 2.24) is 10.4 Å². The number of hydrazone groups is 1. The van der Waals surface area contributed by atoms with Crippen LogP contribution in [0.3, 0.4) is 0 Å². The van der Waals surface area contributed by atoms with E-state index in [2.05, 4.69) is 15.5 Å². The summed E-state index contributed by atoms with van der Waals surface area (Å²) in [6.07, 6.45) is 1.71. The Morgan fingerprint density at radius 1 is 0.893 bits per heavy atom. The van der Waals surface area contributed by atoms with Gasteiger partial charge in [-0.1, -0.05) is 78.9 Å². The number of aryl methyl sites for hydroxylation is 1. The van der Waals surface area contributed by atoms with Crippen LogP contribution in [-0.4, -0.2) is 17.1 Å². The van der Waals surface area contributed by atoms with E-state index in [9.17, 15) is 4.79 Å². The number of aromatic amines is 1. The van der Waals surface area contributed by atoms with Crippen LogP contribution < -0.4 is 5.43 Å². The summed E-state index contributed by atoms with van der Waals surface area (Å²) >= 11 is 0. The van der Waals surface area contributed by atoms with Gasteiger partial charge >= 0.3 is 0 Å². The lowest BCUT2D eigenvalue weighted by atomic mass is 9.91. The number of fused-ring (bicyclic) bond motifs is 1. The normalized spacial score (nSPS) is 11.4. The molecule has 0 saturated carbocycles. The van der Waals surface area contributed by atoms with Crippen LogP contribution in [0.5, 0.6) is 0 Å². The van der Waals surface area contributed by atoms with Crippen LogP contribution in [0.15, 0.2) is 90.0 Å². The number of rotatable bonds is 5. The second-order valence-corrected chi connectivity index (χ2v) is 6.70. The van der Waals surface area contributed by atoms with Gasteiger partial charge in [-0.05, 0) is 24.1 Å². The molecule has 1 amide bonds. The maximum Gasteiger partial charge on any atom is 0.252 e. The Balaban J connectivity index is 1.60. The number of para-hydroxylation sites is 1. The van der Waals surface area contributed by atoms with Gasteiger partial charge in [-0.3, -0.25) is 4.79 Å². The Morgan fingerprint density at radius 2 is 1.46 bits per heavy atom. The van der Waals surface area contributed by atoms with Gasteiger partial charge in [-0.2, -0.15) is 5.10 Å². The number of nitrogens with one attached hydrogen (secondary N) is 2. The Bertz CT molecular complexity index is 1080. The molecule has 0 saturated heterocycles. The Morgan fingerprint density at radius 3 is 2.11 bits per heavy atom. The van der Waals surface area contributed by atoms with Crippen molar-refractivity contribution in [3.63, 3.8) is 0 Å². The first kappa shape index (κ1) is 17.7. The van der Waals surface area contributed by atoms with E-state index < -0.39 is 5.92 Å². The highest BCUT2D eigenvalue weighted by molar-refractivity contribution is 6.01. The van der Waals surface area contributed by atoms with Crippen molar-refractivity contribution < 1.29 is 4.79 Å². The van der Waals surface area contributed by atoms with Crippen molar-refractivity contribution in [2.24, 2.45) is 5.10 Å². The van der Waals surface area contributed by atoms with Crippen molar-refractivity contribution >= 4 is 23.0 Å². The molecule has 0 fully saturated rings. The van der Waals surface area contributed by atoms with Crippen molar-refractivity contribution in [3.8, 4) is 0 Å². The summed E-state index contributed by atoms with van der Waals surface area (Å²) in [5.41, 5.74) is 7.65. The van der Waals surface area contributed by atoms with Crippen molar-refractivity contribution in [2.75, 3.05) is 0 Å². The molecule has 0 bridgehead atoms. The summed E-state index contributed by atoms with van der Waals surface area (Å²) in [6, 6.07) is 27.6. The number of hydrogen-bond acceptors (Lipinski definition) is 2. The minimum Gasteiger partial charge on any atom is -0.358 e. The minimum absolute atomic E-state index is 0.161. The fraction of sp³-hybridized carbons (Fsp3) is 0.0833. The predicted octanol–water partition coefficient (Wildman–Crippen LogP) is 4.76. The standard InChI is InChI=1S/C24H21N3O/c1-17-21(20-14-8-9-15-22(20)26-17)16-25-27-24(28)23(18-10-4-2-5-11-18)19-12-6-3-7-13-19/h2-16,23,26H,1H3,(H,27,28)/b25-16+. The Hall–Kier alpha value is -3.66. The molecule has 0 radical (unpaired) electrons. The zero-order valence-corrected chi connectivity index (χ0v) is 15.6. The van der Waals surface area contributed by atoms with E-state index in [1.54, 1.807) is 6.21 Å². The number of amides is 1. The summed E-state index contributed by atoms with van der Waals surface area (Å²) in [5, 5.41) is 5.34. The van der Waals surface area contributed by atoms with Gasteiger partial charge < -0.3 is 4.98 Å². The van der Waals surface area contributed by atoms with Gasteiger partial charge in [0.2, 0.25) is 0 Å². The fourth-order valence-corrected chi connectivity index (χ4v) is 3.48. The minimum atomic E-state index is -0.413. The highest BCUT2D eigenvalue weighted by atomic mass is 16.2. The summed E-state index contributed by atoms with van der Waals surface area (Å²) in [6.45, 7) is 2.00. The third-order valence-electron chi connectivity index (χ3n) is 4.84. The van der Waals surface area contributed by atoms with Gasteiger partial charge in [0.1, 0.15) is 0 Å². The average molecular weight is 367 g/mol. The summed E-state index contributed by atoms with van der Waals surface area (Å²) in [5.74, 6) is -0.574. The van der Waals surface area contributed by atoms with Crippen LogP contribution in [0.25, 0.3) is 10.9 Å². The molecule has 4 aromatic rings. The number of aromatic nitrogens is 1. The van der Waals surface area contributed by atoms with Crippen LogP contribution >= 0.6 is 0 Å². The quantitative estimate of drug-likeness (QED) is 0.388. The molecule has 0 atom stereocenters. The van der Waals surface area contributed by atoms with E-state index in [1.165, 1.54) is 0 Å². The van der Waals surface area contributed by atoms with E-state index in [-0.39, 0.29) is 5.91 Å². The summed E-state index contributed by atoms with van der Waals surface area (Å²) in [4.78, 5) is 16.3. The first-order chi connectivity index (χ1) is 13.7. The zero-order chi connectivity index (χ0) is 19.3. The number of hydrogen-bond donors (Lipinski definition) is 2. The van der Waals surface area contributed by atoms with E-state index in [4.69, 9.17) is 0 Å². The molecule has 4 heteroatoms. The lowest BCUT2D eigenvalue weighted by Gasteiger charge is -2.16. The number of carbonyl (C=O) groups excluding carboxylic acids is 1.